The van der Waals surface area contributed by atoms with Crippen LogP contribution in [0.5, 0.6) is 0 Å². The van der Waals surface area contributed by atoms with Crippen molar-refractivity contribution in [2.24, 2.45) is 4.99 Å². The molecular formula is C22H34IN5O2S. The molecule has 1 saturated heterocycles. The summed E-state index contributed by atoms with van der Waals surface area (Å²) in [5, 5.41) is 11.7. The quantitative estimate of drug-likeness (QED) is 0.179. The Bertz CT molecular complexity index is 803. The molecule has 0 spiro atoms. The van der Waals surface area contributed by atoms with Crippen molar-refractivity contribution in [2.75, 3.05) is 39.3 Å². The van der Waals surface area contributed by atoms with Crippen LogP contribution in [0.2, 0.25) is 0 Å². The van der Waals surface area contributed by atoms with E-state index in [9.17, 15) is 4.79 Å². The van der Waals surface area contributed by atoms with Crippen molar-refractivity contribution >= 4 is 47.2 Å². The van der Waals surface area contributed by atoms with E-state index in [0.717, 1.165) is 50.7 Å². The van der Waals surface area contributed by atoms with E-state index in [2.05, 4.69) is 45.3 Å². The fourth-order valence-electron chi connectivity index (χ4n) is 3.62. The number of aryl methyl sites for hydroxylation is 1. The first-order valence-corrected chi connectivity index (χ1v) is 11.7. The number of furan rings is 1. The van der Waals surface area contributed by atoms with Crippen LogP contribution in [0.25, 0.3) is 0 Å². The molecule has 1 aliphatic rings. The molecule has 3 N–H and O–H groups in total. The fourth-order valence-corrected chi connectivity index (χ4v) is 4.47. The normalized spacial score (nSPS) is 15.4. The third-order valence-electron chi connectivity index (χ3n) is 5.22. The topological polar surface area (TPSA) is 81.9 Å². The molecule has 172 valence electrons. The zero-order valence-electron chi connectivity index (χ0n) is 18.4. The number of hydrogen-bond acceptors (Lipinski definition) is 5. The number of carbonyl (C=O) groups is 1. The minimum Gasteiger partial charge on any atom is -0.459 e. The SMILES string of the molecule is CCNC(=NCC(c1cccs1)N1CCCC1)NCCCNC(=O)c1occc1C.I. The van der Waals surface area contributed by atoms with Gasteiger partial charge in [0.1, 0.15) is 0 Å². The van der Waals surface area contributed by atoms with E-state index < -0.39 is 0 Å². The van der Waals surface area contributed by atoms with Gasteiger partial charge in [-0.15, -0.1) is 35.3 Å². The Labute approximate surface area is 206 Å². The highest BCUT2D eigenvalue weighted by molar-refractivity contribution is 14.0. The highest BCUT2D eigenvalue weighted by atomic mass is 127. The Morgan fingerprint density at radius 1 is 1.23 bits per heavy atom. The number of thiophene rings is 1. The van der Waals surface area contributed by atoms with Crippen molar-refractivity contribution in [3.63, 3.8) is 0 Å². The molecule has 2 aromatic rings. The molecule has 1 aliphatic heterocycles. The van der Waals surface area contributed by atoms with Crippen LogP contribution in [0.4, 0.5) is 0 Å². The van der Waals surface area contributed by atoms with Gasteiger partial charge in [0.05, 0.1) is 18.8 Å². The maximum Gasteiger partial charge on any atom is 0.287 e. The van der Waals surface area contributed by atoms with E-state index in [0.29, 0.717) is 18.3 Å². The van der Waals surface area contributed by atoms with Crippen LogP contribution < -0.4 is 16.0 Å². The van der Waals surface area contributed by atoms with Crippen LogP contribution in [0.15, 0.2) is 39.3 Å². The van der Waals surface area contributed by atoms with Gasteiger partial charge in [-0.05, 0) is 63.7 Å². The van der Waals surface area contributed by atoms with E-state index in [1.54, 1.807) is 6.07 Å². The van der Waals surface area contributed by atoms with Crippen LogP contribution in [0.1, 0.15) is 53.2 Å². The summed E-state index contributed by atoms with van der Waals surface area (Å²) in [7, 11) is 0. The molecule has 0 saturated carbocycles. The summed E-state index contributed by atoms with van der Waals surface area (Å²) >= 11 is 1.81. The van der Waals surface area contributed by atoms with E-state index >= 15 is 0 Å². The molecule has 0 aromatic carbocycles. The lowest BCUT2D eigenvalue weighted by atomic mass is 10.2. The number of likely N-dealkylation sites (tertiary alicyclic amines) is 1. The standard InChI is InChI=1S/C22H33N5O2S.HI/c1-3-23-22(25-11-7-10-24-21(28)20-17(2)9-14-29-20)26-16-18(19-8-6-15-30-19)27-12-4-5-13-27;/h6,8-9,14-15,18H,3-5,7,10-13,16H2,1-2H3,(H,24,28)(H2,23,25,26);1H. The van der Waals surface area contributed by atoms with Gasteiger partial charge < -0.3 is 20.4 Å². The number of guanidine groups is 1. The first kappa shape index (κ1) is 25.7. The van der Waals surface area contributed by atoms with Crippen LogP contribution >= 0.6 is 35.3 Å². The predicted molar refractivity (Wildman–Crippen MR) is 138 cm³/mol. The fraction of sp³-hybridized carbons (Fsp3) is 0.545. The minimum absolute atomic E-state index is 0. The number of nitrogens with zero attached hydrogens (tertiary/aromatic N) is 2. The number of amides is 1. The number of nitrogens with one attached hydrogen (secondary N) is 3. The number of rotatable bonds is 10. The predicted octanol–water partition coefficient (Wildman–Crippen LogP) is 3.78. The van der Waals surface area contributed by atoms with Gasteiger partial charge in [-0.2, -0.15) is 0 Å². The van der Waals surface area contributed by atoms with Crippen LogP contribution in [-0.2, 0) is 0 Å². The molecule has 3 heterocycles. The zero-order valence-corrected chi connectivity index (χ0v) is 21.5. The first-order chi connectivity index (χ1) is 14.7. The molecular weight excluding hydrogens is 525 g/mol. The molecule has 9 heteroatoms. The Morgan fingerprint density at radius 3 is 2.65 bits per heavy atom. The smallest absolute Gasteiger partial charge is 0.287 e. The van der Waals surface area contributed by atoms with E-state index in [4.69, 9.17) is 9.41 Å². The van der Waals surface area contributed by atoms with Crippen molar-refractivity contribution in [3.8, 4) is 0 Å². The molecule has 31 heavy (non-hydrogen) atoms. The second-order valence-electron chi connectivity index (χ2n) is 7.46. The zero-order chi connectivity index (χ0) is 21.2. The lowest BCUT2D eigenvalue weighted by Gasteiger charge is -2.25. The minimum atomic E-state index is -0.164. The molecule has 3 rings (SSSR count). The summed E-state index contributed by atoms with van der Waals surface area (Å²) < 4.78 is 5.22. The average molecular weight is 560 g/mol. The van der Waals surface area contributed by atoms with Gasteiger partial charge >= 0.3 is 0 Å². The van der Waals surface area contributed by atoms with Crippen LogP contribution in [-0.4, -0.2) is 56.0 Å². The highest BCUT2D eigenvalue weighted by Gasteiger charge is 2.24. The van der Waals surface area contributed by atoms with Crippen molar-refractivity contribution in [1.29, 1.82) is 0 Å². The Kier molecular flexibility index (Phi) is 11.4. The third-order valence-corrected chi connectivity index (χ3v) is 6.19. The lowest BCUT2D eigenvalue weighted by molar-refractivity contribution is 0.0925. The Balaban J connectivity index is 0.00000341. The van der Waals surface area contributed by atoms with Crippen molar-refractivity contribution in [2.45, 2.75) is 39.2 Å². The summed E-state index contributed by atoms with van der Waals surface area (Å²) in [4.78, 5) is 20.9. The van der Waals surface area contributed by atoms with Crippen molar-refractivity contribution in [3.05, 3.63) is 46.0 Å². The van der Waals surface area contributed by atoms with E-state index in [1.165, 1.54) is 24.0 Å². The van der Waals surface area contributed by atoms with Gasteiger partial charge in [-0.3, -0.25) is 14.7 Å². The van der Waals surface area contributed by atoms with Gasteiger partial charge in [0.2, 0.25) is 0 Å². The second kappa shape index (κ2) is 13.7. The number of carbonyl (C=O) groups excluding carboxylic acids is 1. The number of hydrogen-bond donors (Lipinski definition) is 3. The molecule has 0 aliphatic carbocycles. The maximum absolute atomic E-state index is 12.1. The lowest BCUT2D eigenvalue weighted by Crippen LogP contribution is -2.39. The van der Waals surface area contributed by atoms with Gasteiger partial charge in [0.25, 0.3) is 5.91 Å². The van der Waals surface area contributed by atoms with Gasteiger partial charge in [0.15, 0.2) is 11.7 Å². The number of halogens is 1. The third kappa shape index (κ3) is 7.80. The summed E-state index contributed by atoms with van der Waals surface area (Å²) in [6.45, 7) is 9.10. The molecule has 2 aromatic heterocycles. The molecule has 1 unspecified atom stereocenters. The summed E-state index contributed by atoms with van der Waals surface area (Å²) in [5.41, 5.74) is 0.852. The monoisotopic (exact) mass is 559 g/mol. The van der Waals surface area contributed by atoms with E-state index in [1.807, 2.05) is 18.3 Å². The molecule has 7 nitrogen and oxygen atoms in total. The Hall–Kier alpha value is -1.59. The van der Waals surface area contributed by atoms with E-state index in [-0.39, 0.29) is 29.9 Å². The van der Waals surface area contributed by atoms with Crippen molar-refractivity contribution < 1.29 is 9.21 Å². The molecule has 1 fully saturated rings. The van der Waals surface area contributed by atoms with Crippen molar-refractivity contribution in [1.82, 2.24) is 20.9 Å². The second-order valence-corrected chi connectivity index (χ2v) is 8.44. The Morgan fingerprint density at radius 2 is 2.00 bits per heavy atom. The summed E-state index contributed by atoms with van der Waals surface area (Å²) in [6, 6.07) is 6.47. The van der Waals surface area contributed by atoms with Gasteiger partial charge in [-0.25, -0.2) is 0 Å². The number of aliphatic imine (C=N–C) groups is 1. The maximum atomic E-state index is 12.1. The molecule has 1 amide bonds. The van der Waals surface area contributed by atoms with Crippen LogP contribution in [0.3, 0.4) is 0 Å². The largest absolute Gasteiger partial charge is 0.459 e. The molecule has 1 atom stereocenters. The summed E-state index contributed by atoms with van der Waals surface area (Å²) in [5.74, 6) is 1.05. The van der Waals surface area contributed by atoms with Crippen LogP contribution in [0, 0.1) is 6.92 Å². The van der Waals surface area contributed by atoms with Gasteiger partial charge in [-0.1, -0.05) is 6.07 Å². The summed E-state index contributed by atoms with van der Waals surface area (Å²) in [6.07, 6.45) is 4.88. The average Bonchev–Trinajstić information content (AvgIpc) is 3.51. The molecule has 0 radical (unpaired) electrons. The first-order valence-electron chi connectivity index (χ1n) is 10.8. The highest BCUT2D eigenvalue weighted by Crippen LogP contribution is 2.28. The molecule has 0 bridgehead atoms. The van der Waals surface area contributed by atoms with Gasteiger partial charge in [0, 0.05) is 30.1 Å².